The molecule has 1 fully saturated rings. The third kappa shape index (κ3) is 3.58. The minimum atomic E-state index is -0.796. The molecule has 7 heteroatoms. The van der Waals surface area contributed by atoms with Gasteiger partial charge in [-0.3, -0.25) is 14.5 Å². The van der Waals surface area contributed by atoms with Crippen LogP contribution in [0.15, 0.2) is 66.2 Å². The number of rotatable bonds is 3. The number of ether oxygens (including phenoxy) is 1. The predicted octanol–water partition coefficient (Wildman–Crippen LogP) is 5.86. The van der Waals surface area contributed by atoms with Crippen LogP contribution >= 0.6 is 11.3 Å². The summed E-state index contributed by atoms with van der Waals surface area (Å²) in [6, 6.07) is 18.1. The normalized spacial score (nSPS) is 20.7. The molecule has 3 heterocycles. The van der Waals surface area contributed by atoms with E-state index in [1.54, 1.807) is 12.1 Å². The van der Waals surface area contributed by atoms with Gasteiger partial charge < -0.3 is 9.84 Å². The highest BCUT2D eigenvalue weighted by Gasteiger charge is 2.48. The fourth-order valence-electron chi connectivity index (χ4n) is 4.94. The molecule has 6 nitrogen and oxygen atoms in total. The Morgan fingerprint density at radius 3 is 2.56 bits per heavy atom. The van der Waals surface area contributed by atoms with Crippen molar-refractivity contribution in [3.05, 3.63) is 94.1 Å². The van der Waals surface area contributed by atoms with Gasteiger partial charge in [0.25, 0.3) is 5.78 Å². The number of carbonyl (C=O) groups is 2. The van der Waals surface area contributed by atoms with Crippen LogP contribution in [0.4, 0.5) is 5.13 Å². The van der Waals surface area contributed by atoms with E-state index in [0.717, 1.165) is 44.6 Å². The largest absolute Gasteiger partial charge is 0.507 e. The second-order valence-electron chi connectivity index (χ2n) is 9.50. The highest BCUT2D eigenvalue weighted by molar-refractivity contribution is 7.22. The number of aromatic nitrogens is 1. The third-order valence-corrected chi connectivity index (χ3v) is 7.76. The van der Waals surface area contributed by atoms with Crippen molar-refractivity contribution in [1.29, 1.82) is 0 Å². The summed E-state index contributed by atoms with van der Waals surface area (Å²) in [5.74, 6) is -0.838. The second kappa shape index (κ2) is 8.31. The maximum atomic E-state index is 13.5. The summed E-state index contributed by atoms with van der Waals surface area (Å²) in [6.45, 7) is 5.96. The monoisotopic (exact) mass is 496 g/mol. The topological polar surface area (TPSA) is 79.7 Å². The zero-order chi connectivity index (χ0) is 25.1. The molecule has 2 atom stereocenters. The number of aryl methyl sites for hydroxylation is 2. The lowest BCUT2D eigenvalue weighted by atomic mass is 9.94. The first-order valence-corrected chi connectivity index (χ1v) is 12.7. The predicted molar refractivity (Wildman–Crippen MR) is 141 cm³/mol. The van der Waals surface area contributed by atoms with Gasteiger partial charge >= 0.3 is 5.91 Å². The number of amides is 1. The van der Waals surface area contributed by atoms with Gasteiger partial charge in [-0.25, -0.2) is 4.98 Å². The minimum Gasteiger partial charge on any atom is -0.507 e. The van der Waals surface area contributed by atoms with Crippen molar-refractivity contribution in [3.8, 4) is 5.75 Å². The number of Topliss-reactive ketones (excluding diaryl/α,β-unsaturated/α-hetero) is 1. The number of thiazole rings is 1. The van der Waals surface area contributed by atoms with E-state index in [-0.39, 0.29) is 17.4 Å². The second-order valence-corrected chi connectivity index (χ2v) is 10.5. The van der Waals surface area contributed by atoms with Gasteiger partial charge in [-0.1, -0.05) is 47.2 Å². The fourth-order valence-corrected chi connectivity index (χ4v) is 6.03. The Labute approximate surface area is 212 Å². The Hall–Kier alpha value is -3.97. The number of nitrogens with zero attached hydrogens (tertiary/aromatic N) is 2. The van der Waals surface area contributed by atoms with Crippen molar-refractivity contribution >= 4 is 44.1 Å². The summed E-state index contributed by atoms with van der Waals surface area (Å²) in [4.78, 5) is 33.0. The lowest BCUT2D eigenvalue weighted by Crippen LogP contribution is -2.29. The van der Waals surface area contributed by atoms with Crippen molar-refractivity contribution in [2.24, 2.45) is 0 Å². The summed E-state index contributed by atoms with van der Waals surface area (Å²) in [5, 5.41) is 11.9. The molecule has 0 unspecified atom stereocenters. The van der Waals surface area contributed by atoms with Gasteiger partial charge in [0.05, 0.1) is 21.8 Å². The lowest BCUT2D eigenvalue weighted by Gasteiger charge is -2.23. The van der Waals surface area contributed by atoms with Crippen LogP contribution in [0.1, 0.15) is 40.8 Å². The minimum absolute atomic E-state index is 0.0539. The number of anilines is 1. The first kappa shape index (κ1) is 22.5. The summed E-state index contributed by atoms with van der Waals surface area (Å²) >= 11 is 1.36. The van der Waals surface area contributed by atoms with Gasteiger partial charge in [0.1, 0.15) is 17.6 Å². The van der Waals surface area contributed by atoms with Crippen molar-refractivity contribution in [2.75, 3.05) is 4.90 Å². The molecule has 180 valence electrons. The fraction of sp³-hybridized carbons (Fsp3) is 0.207. The van der Waals surface area contributed by atoms with Crippen LogP contribution in [0, 0.1) is 13.8 Å². The molecule has 1 aromatic heterocycles. The van der Waals surface area contributed by atoms with Crippen molar-refractivity contribution in [3.63, 3.8) is 0 Å². The number of carbonyl (C=O) groups excluding carboxylic acids is 2. The molecule has 0 radical (unpaired) electrons. The molecule has 1 saturated heterocycles. The molecule has 0 spiro atoms. The van der Waals surface area contributed by atoms with Crippen LogP contribution in [0.3, 0.4) is 0 Å². The maximum Gasteiger partial charge on any atom is 0.301 e. The van der Waals surface area contributed by atoms with E-state index in [1.807, 2.05) is 69.3 Å². The van der Waals surface area contributed by atoms with Gasteiger partial charge in [0.2, 0.25) is 0 Å². The molecule has 1 amide bonds. The Morgan fingerprint density at radius 2 is 1.78 bits per heavy atom. The van der Waals surface area contributed by atoms with E-state index >= 15 is 0 Å². The molecular weight excluding hydrogens is 472 g/mol. The standard InChI is InChI=1S/C29H24N2O4S/c1-15-4-7-18(8-5-15)25-24(26(32)19-9-11-22-20(14-19)13-17(3)35-22)27(33)28(34)31(25)29-30-21-10-6-16(2)12-23(21)36-29/h4-12,14,17,25,32H,13H2,1-3H3/t17-,25-/m1/s1. The smallest absolute Gasteiger partial charge is 0.301 e. The zero-order valence-electron chi connectivity index (χ0n) is 20.1. The number of hydrogen-bond acceptors (Lipinski definition) is 6. The summed E-state index contributed by atoms with van der Waals surface area (Å²) < 4.78 is 6.72. The Morgan fingerprint density at radius 1 is 1.03 bits per heavy atom. The third-order valence-electron chi connectivity index (χ3n) is 6.75. The van der Waals surface area contributed by atoms with Crippen LogP contribution in [0.25, 0.3) is 16.0 Å². The van der Waals surface area contributed by atoms with Gasteiger partial charge in [-0.15, -0.1) is 0 Å². The molecule has 0 aliphatic carbocycles. The van der Waals surface area contributed by atoms with Gasteiger partial charge in [-0.05, 0) is 67.8 Å². The number of aliphatic hydroxyl groups is 1. The van der Waals surface area contributed by atoms with Crippen LogP contribution in [-0.2, 0) is 16.0 Å². The number of hydrogen-bond donors (Lipinski definition) is 1. The molecule has 6 rings (SSSR count). The van der Waals surface area contributed by atoms with E-state index in [1.165, 1.54) is 16.2 Å². The molecule has 4 aromatic rings. The molecular formula is C29H24N2O4S. The lowest BCUT2D eigenvalue weighted by molar-refractivity contribution is -0.132. The average Bonchev–Trinajstić information content (AvgIpc) is 3.51. The van der Waals surface area contributed by atoms with Gasteiger partial charge in [-0.2, -0.15) is 0 Å². The quantitative estimate of drug-likeness (QED) is 0.218. The number of aliphatic hydroxyl groups excluding tert-OH is 1. The average molecular weight is 497 g/mol. The number of benzene rings is 3. The highest BCUT2D eigenvalue weighted by atomic mass is 32.1. The molecule has 0 bridgehead atoms. The van der Waals surface area contributed by atoms with Crippen LogP contribution < -0.4 is 9.64 Å². The van der Waals surface area contributed by atoms with Crippen LogP contribution in [0.5, 0.6) is 5.75 Å². The van der Waals surface area contributed by atoms with E-state index in [0.29, 0.717) is 10.7 Å². The molecule has 0 saturated carbocycles. The van der Waals surface area contributed by atoms with E-state index < -0.39 is 17.7 Å². The van der Waals surface area contributed by atoms with Crippen LogP contribution in [0.2, 0.25) is 0 Å². The first-order chi connectivity index (χ1) is 17.3. The zero-order valence-corrected chi connectivity index (χ0v) is 20.9. The molecule has 1 N–H and O–H groups in total. The maximum absolute atomic E-state index is 13.5. The van der Waals surface area contributed by atoms with E-state index in [4.69, 9.17) is 4.74 Å². The van der Waals surface area contributed by atoms with Gasteiger partial charge in [0, 0.05) is 12.0 Å². The summed E-state index contributed by atoms with van der Waals surface area (Å²) in [5.41, 5.74) is 5.15. The van der Waals surface area contributed by atoms with E-state index in [9.17, 15) is 14.7 Å². The number of fused-ring (bicyclic) bond motifs is 2. The van der Waals surface area contributed by atoms with E-state index in [2.05, 4.69) is 4.98 Å². The Bertz CT molecular complexity index is 1580. The van der Waals surface area contributed by atoms with Crippen molar-refractivity contribution in [2.45, 2.75) is 39.3 Å². The Balaban J connectivity index is 1.53. The van der Waals surface area contributed by atoms with Crippen molar-refractivity contribution in [1.82, 2.24) is 4.98 Å². The SMILES string of the molecule is Cc1ccc([C@@H]2C(=C(O)c3ccc4c(c3)C[C@@H](C)O4)C(=O)C(=O)N2c2nc3ccc(C)cc3s2)cc1. The molecule has 2 aliphatic rings. The highest BCUT2D eigenvalue weighted by Crippen LogP contribution is 2.45. The number of ketones is 1. The van der Waals surface area contributed by atoms with Crippen LogP contribution in [-0.4, -0.2) is 27.9 Å². The molecule has 3 aromatic carbocycles. The summed E-state index contributed by atoms with van der Waals surface area (Å²) in [6.07, 6.45) is 0.773. The summed E-state index contributed by atoms with van der Waals surface area (Å²) in [7, 11) is 0. The van der Waals surface area contributed by atoms with Gasteiger partial charge in [0.15, 0.2) is 5.13 Å². The first-order valence-electron chi connectivity index (χ1n) is 11.8. The van der Waals surface area contributed by atoms with Crippen molar-refractivity contribution < 1.29 is 19.4 Å². The molecule has 36 heavy (non-hydrogen) atoms. The molecule has 2 aliphatic heterocycles. The Kier molecular flexibility index (Phi) is 5.19.